The van der Waals surface area contributed by atoms with E-state index in [2.05, 4.69) is 20.4 Å². The number of aryl methyl sites for hydroxylation is 4. The number of nitrogens with zero attached hydrogens (tertiary/aromatic N) is 4. The van der Waals surface area contributed by atoms with Crippen LogP contribution in [-0.4, -0.2) is 25.7 Å². The molecular weight excluding hydrogens is 358 g/mol. The van der Waals surface area contributed by atoms with Crippen LogP contribution in [0.15, 0.2) is 36.5 Å². The van der Waals surface area contributed by atoms with Crippen molar-refractivity contribution in [1.29, 1.82) is 0 Å². The van der Waals surface area contributed by atoms with Gasteiger partial charge in [0.2, 0.25) is 0 Å². The van der Waals surface area contributed by atoms with Crippen LogP contribution in [-0.2, 0) is 0 Å². The van der Waals surface area contributed by atoms with Gasteiger partial charge in [-0.2, -0.15) is 5.10 Å². The average molecular weight is 377 g/mol. The first-order valence-electron chi connectivity index (χ1n) is 8.61. The Morgan fingerprint density at radius 2 is 1.93 bits per heavy atom. The molecule has 27 heavy (non-hydrogen) atoms. The van der Waals surface area contributed by atoms with Gasteiger partial charge in [-0.3, -0.25) is 4.79 Å². The summed E-state index contributed by atoms with van der Waals surface area (Å²) < 4.78 is 1.84. The zero-order valence-corrected chi connectivity index (χ0v) is 16.4. The number of rotatable bonds is 3. The molecule has 0 aliphatic rings. The van der Waals surface area contributed by atoms with E-state index in [9.17, 15) is 4.79 Å². The second-order valence-corrected chi connectivity index (χ2v) is 7.48. The van der Waals surface area contributed by atoms with Crippen LogP contribution in [0.1, 0.15) is 32.4 Å². The summed E-state index contributed by atoms with van der Waals surface area (Å²) in [5.41, 5.74) is 4.48. The van der Waals surface area contributed by atoms with Crippen molar-refractivity contribution in [1.82, 2.24) is 19.7 Å². The Morgan fingerprint density at radius 1 is 1.11 bits per heavy atom. The smallest absolute Gasteiger partial charge is 0.266 e. The molecule has 1 aromatic carbocycles. The first kappa shape index (κ1) is 17.4. The number of carbonyl (C=O) groups excluding carboxylic acids is 1. The van der Waals surface area contributed by atoms with Gasteiger partial charge in [0, 0.05) is 28.7 Å². The number of thiophene rings is 1. The molecule has 3 aromatic heterocycles. The first-order chi connectivity index (χ1) is 12.9. The molecule has 1 amide bonds. The lowest BCUT2D eigenvalue weighted by molar-refractivity contribution is 0.103. The van der Waals surface area contributed by atoms with Gasteiger partial charge < -0.3 is 5.32 Å². The summed E-state index contributed by atoms with van der Waals surface area (Å²) in [6, 6.07) is 9.59. The molecular formula is C20H19N5OS. The highest BCUT2D eigenvalue weighted by Gasteiger charge is 2.19. The molecule has 4 rings (SSSR count). The van der Waals surface area contributed by atoms with Crippen molar-refractivity contribution in [3.05, 3.63) is 64.2 Å². The van der Waals surface area contributed by atoms with E-state index in [4.69, 9.17) is 0 Å². The predicted octanol–water partition coefficient (Wildman–Crippen LogP) is 4.36. The number of anilines is 1. The molecule has 0 fully saturated rings. The maximum Gasteiger partial charge on any atom is 0.266 e. The number of carbonyl (C=O) groups is 1. The van der Waals surface area contributed by atoms with Crippen molar-refractivity contribution in [2.45, 2.75) is 27.7 Å². The quantitative estimate of drug-likeness (QED) is 0.576. The molecule has 0 aliphatic carbocycles. The lowest BCUT2D eigenvalue weighted by Crippen LogP contribution is -2.12. The minimum atomic E-state index is -0.137. The molecule has 136 valence electrons. The summed E-state index contributed by atoms with van der Waals surface area (Å²) in [7, 11) is 0. The number of hydrogen-bond donors (Lipinski definition) is 1. The molecule has 0 saturated carbocycles. The summed E-state index contributed by atoms with van der Waals surface area (Å²) in [5.74, 6) is 0.581. The third-order valence-electron chi connectivity index (χ3n) is 4.47. The second-order valence-electron chi connectivity index (χ2n) is 6.48. The summed E-state index contributed by atoms with van der Waals surface area (Å²) in [6.45, 7) is 7.76. The van der Waals surface area contributed by atoms with E-state index in [0.29, 0.717) is 4.88 Å². The lowest BCUT2D eigenvalue weighted by atomic mass is 10.1. The average Bonchev–Trinajstić information content (AvgIpc) is 3.18. The van der Waals surface area contributed by atoms with E-state index in [-0.39, 0.29) is 5.91 Å². The van der Waals surface area contributed by atoms with Crippen LogP contribution in [0.3, 0.4) is 0 Å². The van der Waals surface area contributed by atoms with E-state index in [0.717, 1.165) is 44.4 Å². The van der Waals surface area contributed by atoms with Gasteiger partial charge in [0.05, 0.1) is 10.6 Å². The van der Waals surface area contributed by atoms with Crippen molar-refractivity contribution in [2.24, 2.45) is 0 Å². The van der Waals surface area contributed by atoms with E-state index in [1.165, 1.54) is 11.3 Å². The molecule has 6 nitrogen and oxygen atoms in total. The zero-order valence-electron chi connectivity index (χ0n) is 15.6. The second kappa shape index (κ2) is 6.59. The van der Waals surface area contributed by atoms with E-state index in [1.807, 2.05) is 62.7 Å². The monoisotopic (exact) mass is 377 g/mol. The van der Waals surface area contributed by atoms with Crippen molar-refractivity contribution in [2.75, 3.05) is 5.32 Å². The third-order valence-corrected chi connectivity index (χ3v) is 5.65. The fourth-order valence-electron chi connectivity index (χ4n) is 3.23. The molecule has 0 spiro atoms. The topological polar surface area (TPSA) is 72.7 Å². The highest BCUT2D eigenvalue weighted by Crippen LogP contribution is 2.31. The van der Waals surface area contributed by atoms with Crippen molar-refractivity contribution in [3.63, 3.8) is 0 Å². The number of nitrogens with one attached hydrogen (secondary N) is 1. The minimum Gasteiger partial charge on any atom is -0.321 e. The van der Waals surface area contributed by atoms with Gasteiger partial charge in [-0.05, 0) is 57.5 Å². The standard InChI is InChI=1S/C20H19N5OS/c1-11-8-9-21-25(11)16-7-5-6-15(10-16)24-19(26)18-12(2)17-13(3)22-14(4)23-20(17)27-18/h5-10H,1-4H3,(H,24,26). The highest BCUT2D eigenvalue weighted by molar-refractivity contribution is 7.20. The van der Waals surface area contributed by atoms with E-state index in [1.54, 1.807) is 6.20 Å². The number of aromatic nitrogens is 4. The van der Waals surface area contributed by atoms with Crippen LogP contribution in [0.4, 0.5) is 5.69 Å². The van der Waals surface area contributed by atoms with Crippen LogP contribution in [0.2, 0.25) is 0 Å². The van der Waals surface area contributed by atoms with E-state index < -0.39 is 0 Å². The Morgan fingerprint density at radius 3 is 2.67 bits per heavy atom. The van der Waals surface area contributed by atoms with Crippen LogP contribution >= 0.6 is 11.3 Å². The van der Waals surface area contributed by atoms with Crippen LogP contribution in [0.25, 0.3) is 15.9 Å². The van der Waals surface area contributed by atoms with Crippen molar-refractivity contribution in [3.8, 4) is 5.69 Å². The molecule has 0 unspecified atom stereocenters. The Balaban J connectivity index is 1.67. The fraction of sp³-hybridized carbons (Fsp3) is 0.200. The normalized spacial score (nSPS) is 11.1. The van der Waals surface area contributed by atoms with Gasteiger partial charge in [0.15, 0.2) is 0 Å². The lowest BCUT2D eigenvalue weighted by Gasteiger charge is -2.08. The maximum atomic E-state index is 12.9. The largest absolute Gasteiger partial charge is 0.321 e. The van der Waals surface area contributed by atoms with Crippen LogP contribution in [0.5, 0.6) is 0 Å². The highest BCUT2D eigenvalue weighted by atomic mass is 32.1. The summed E-state index contributed by atoms with van der Waals surface area (Å²) in [6.07, 6.45) is 1.76. The number of fused-ring (bicyclic) bond motifs is 1. The number of benzene rings is 1. The number of hydrogen-bond acceptors (Lipinski definition) is 5. The fourth-order valence-corrected chi connectivity index (χ4v) is 4.41. The molecule has 0 saturated heterocycles. The van der Waals surface area contributed by atoms with Gasteiger partial charge >= 0.3 is 0 Å². The SMILES string of the molecule is Cc1nc(C)c2c(C)c(C(=O)Nc3cccc(-n4nccc4C)c3)sc2n1. The van der Waals surface area contributed by atoms with Gasteiger partial charge in [-0.15, -0.1) is 11.3 Å². The Labute approximate surface area is 160 Å². The molecule has 0 radical (unpaired) electrons. The van der Waals surface area contributed by atoms with Crippen molar-refractivity contribution >= 4 is 33.1 Å². The van der Waals surface area contributed by atoms with E-state index >= 15 is 0 Å². The maximum absolute atomic E-state index is 12.9. The van der Waals surface area contributed by atoms with Gasteiger partial charge in [-0.1, -0.05) is 6.07 Å². The van der Waals surface area contributed by atoms with Gasteiger partial charge in [0.1, 0.15) is 10.7 Å². The summed E-state index contributed by atoms with van der Waals surface area (Å²) >= 11 is 1.40. The molecule has 0 atom stereocenters. The predicted molar refractivity (Wildman–Crippen MR) is 108 cm³/mol. The molecule has 0 bridgehead atoms. The van der Waals surface area contributed by atoms with Crippen LogP contribution < -0.4 is 5.32 Å². The Bertz CT molecular complexity index is 1170. The van der Waals surface area contributed by atoms with Crippen LogP contribution in [0, 0.1) is 27.7 Å². The summed E-state index contributed by atoms with van der Waals surface area (Å²) in [5, 5.41) is 8.28. The van der Waals surface area contributed by atoms with Crippen molar-refractivity contribution < 1.29 is 4.79 Å². The van der Waals surface area contributed by atoms with Gasteiger partial charge in [-0.25, -0.2) is 14.6 Å². The Kier molecular flexibility index (Phi) is 4.24. The summed E-state index contributed by atoms with van der Waals surface area (Å²) in [4.78, 5) is 23.3. The minimum absolute atomic E-state index is 0.137. The molecule has 3 heterocycles. The number of amides is 1. The van der Waals surface area contributed by atoms with Gasteiger partial charge in [0.25, 0.3) is 5.91 Å². The molecule has 4 aromatic rings. The zero-order chi connectivity index (χ0) is 19.1. The first-order valence-corrected chi connectivity index (χ1v) is 9.42. The molecule has 0 aliphatic heterocycles. The molecule has 1 N–H and O–H groups in total. The molecule has 7 heteroatoms. The third kappa shape index (κ3) is 3.10. The Hall–Kier alpha value is -3.06.